The van der Waals surface area contributed by atoms with Crippen molar-refractivity contribution in [2.75, 3.05) is 5.48 Å². The van der Waals surface area contributed by atoms with Gasteiger partial charge in [0, 0.05) is 17.0 Å². The van der Waals surface area contributed by atoms with Crippen molar-refractivity contribution in [3.63, 3.8) is 0 Å². The van der Waals surface area contributed by atoms with Crippen molar-refractivity contribution in [3.8, 4) is 0 Å². The normalized spacial score (nSPS) is 10.2. The molecule has 0 aliphatic heterocycles. The van der Waals surface area contributed by atoms with Gasteiger partial charge in [0.05, 0.1) is 5.56 Å². The molecule has 76 valence electrons. The molecule has 0 saturated heterocycles. The molecule has 15 heavy (non-hydrogen) atoms. The fourth-order valence-corrected chi connectivity index (χ4v) is 1.45. The van der Waals surface area contributed by atoms with Crippen LogP contribution in [0.15, 0.2) is 30.5 Å². The minimum Gasteiger partial charge on any atom is -0.478 e. The minimum atomic E-state index is -1.04. The van der Waals surface area contributed by atoms with Crippen LogP contribution in [-0.4, -0.2) is 21.3 Å². The summed E-state index contributed by atoms with van der Waals surface area (Å²) in [5.41, 5.74) is 2.05. The number of pyridine rings is 1. The average Bonchev–Trinajstić information content (AvgIpc) is 2.27. The highest BCUT2D eigenvalue weighted by Crippen LogP contribution is 2.23. The van der Waals surface area contributed by atoms with E-state index in [1.165, 1.54) is 6.20 Å². The Bertz CT molecular complexity index is 525. The zero-order valence-electron chi connectivity index (χ0n) is 7.64. The van der Waals surface area contributed by atoms with E-state index in [1.807, 2.05) is 5.48 Å². The molecule has 0 atom stereocenters. The van der Waals surface area contributed by atoms with Crippen molar-refractivity contribution < 1.29 is 15.1 Å². The zero-order chi connectivity index (χ0) is 10.8. The van der Waals surface area contributed by atoms with Gasteiger partial charge in [0.1, 0.15) is 0 Å². The fourth-order valence-electron chi connectivity index (χ4n) is 1.45. The molecule has 2 aromatic rings. The quantitative estimate of drug-likeness (QED) is 0.649. The molecule has 0 unspecified atom stereocenters. The Balaban J connectivity index is 2.83. The summed E-state index contributed by atoms with van der Waals surface area (Å²) in [4.78, 5) is 14.7. The Kier molecular flexibility index (Phi) is 2.23. The molecule has 5 nitrogen and oxygen atoms in total. The smallest absolute Gasteiger partial charge is 0.337 e. The Morgan fingerprint density at radius 3 is 2.53 bits per heavy atom. The lowest BCUT2D eigenvalue weighted by Crippen LogP contribution is -2.02. The van der Waals surface area contributed by atoms with E-state index in [-0.39, 0.29) is 11.4 Å². The molecule has 1 aromatic heterocycles. The van der Waals surface area contributed by atoms with Crippen molar-refractivity contribution in [2.24, 2.45) is 0 Å². The SMILES string of the molecule is O=C(O)c1cnc(NO)c2ccccc12. The van der Waals surface area contributed by atoms with Crippen LogP contribution in [0.2, 0.25) is 0 Å². The van der Waals surface area contributed by atoms with Crippen LogP contribution in [0.1, 0.15) is 10.4 Å². The summed E-state index contributed by atoms with van der Waals surface area (Å²) in [5.74, 6) is -0.793. The minimum absolute atomic E-state index is 0.115. The Labute approximate surface area is 85.0 Å². The first-order valence-corrected chi connectivity index (χ1v) is 4.25. The first kappa shape index (κ1) is 9.42. The maximum absolute atomic E-state index is 10.9. The third kappa shape index (κ3) is 1.49. The van der Waals surface area contributed by atoms with Crippen LogP contribution in [0.25, 0.3) is 10.8 Å². The van der Waals surface area contributed by atoms with Crippen molar-refractivity contribution in [1.82, 2.24) is 4.98 Å². The van der Waals surface area contributed by atoms with Crippen LogP contribution in [0.5, 0.6) is 0 Å². The first-order valence-electron chi connectivity index (χ1n) is 4.25. The van der Waals surface area contributed by atoms with Crippen LogP contribution in [0, 0.1) is 0 Å². The summed E-state index contributed by atoms with van der Waals surface area (Å²) in [6, 6.07) is 6.83. The Morgan fingerprint density at radius 1 is 1.27 bits per heavy atom. The molecule has 1 heterocycles. The molecule has 0 spiro atoms. The van der Waals surface area contributed by atoms with E-state index in [2.05, 4.69) is 4.98 Å². The van der Waals surface area contributed by atoms with Crippen molar-refractivity contribution >= 4 is 22.6 Å². The van der Waals surface area contributed by atoms with Crippen LogP contribution in [-0.2, 0) is 0 Å². The summed E-state index contributed by atoms with van der Waals surface area (Å²) in [6.45, 7) is 0. The number of aromatic nitrogens is 1. The Hall–Kier alpha value is -2.14. The van der Waals surface area contributed by atoms with Gasteiger partial charge >= 0.3 is 5.97 Å². The van der Waals surface area contributed by atoms with Gasteiger partial charge in [-0.3, -0.25) is 10.7 Å². The molecule has 0 amide bonds. The molecule has 0 fully saturated rings. The van der Waals surface area contributed by atoms with Crippen molar-refractivity contribution in [3.05, 3.63) is 36.0 Å². The molecule has 0 aliphatic carbocycles. The van der Waals surface area contributed by atoms with E-state index in [0.717, 1.165) is 0 Å². The number of benzene rings is 1. The number of aromatic carboxylic acids is 1. The number of hydrogen-bond donors (Lipinski definition) is 3. The van der Waals surface area contributed by atoms with Gasteiger partial charge in [-0.1, -0.05) is 24.3 Å². The molecular weight excluding hydrogens is 196 g/mol. The molecule has 0 radical (unpaired) electrons. The molecule has 5 heteroatoms. The van der Waals surface area contributed by atoms with Gasteiger partial charge in [-0.2, -0.15) is 0 Å². The van der Waals surface area contributed by atoms with E-state index in [4.69, 9.17) is 10.3 Å². The molecule has 0 aliphatic rings. The second-order valence-electron chi connectivity index (χ2n) is 2.98. The first-order chi connectivity index (χ1) is 7.24. The number of carboxylic acid groups (broad SMARTS) is 1. The van der Waals surface area contributed by atoms with Gasteiger partial charge in [-0.15, -0.1) is 0 Å². The highest BCUT2D eigenvalue weighted by Gasteiger charge is 2.11. The summed E-state index contributed by atoms with van der Waals surface area (Å²) < 4.78 is 0. The number of hydrogen-bond acceptors (Lipinski definition) is 4. The molecule has 3 N–H and O–H groups in total. The van der Waals surface area contributed by atoms with E-state index < -0.39 is 5.97 Å². The van der Waals surface area contributed by atoms with Gasteiger partial charge in [0.25, 0.3) is 0 Å². The van der Waals surface area contributed by atoms with Gasteiger partial charge < -0.3 is 5.11 Å². The van der Waals surface area contributed by atoms with Crippen LogP contribution < -0.4 is 5.48 Å². The monoisotopic (exact) mass is 204 g/mol. The van der Waals surface area contributed by atoms with Crippen LogP contribution in [0.4, 0.5) is 5.82 Å². The lowest BCUT2D eigenvalue weighted by molar-refractivity contribution is 0.0698. The van der Waals surface area contributed by atoms with Gasteiger partial charge in [-0.25, -0.2) is 9.78 Å². The number of carbonyl (C=O) groups is 1. The van der Waals surface area contributed by atoms with Crippen LogP contribution in [0.3, 0.4) is 0 Å². The lowest BCUT2D eigenvalue weighted by atomic mass is 10.1. The standard InChI is InChI=1S/C10H8N2O3/c13-10(14)8-5-11-9(12-15)7-4-2-1-3-6(7)8/h1-5,15H,(H,11,12)(H,13,14). The number of fused-ring (bicyclic) bond motifs is 1. The highest BCUT2D eigenvalue weighted by molar-refractivity contribution is 6.06. The maximum atomic E-state index is 10.9. The second kappa shape index (κ2) is 3.55. The molecule has 2 rings (SSSR count). The van der Waals surface area contributed by atoms with Gasteiger partial charge in [0.15, 0.2) is 5.82 Å². The summed E-state index contributed by atoms with van der Waals surface area (Å²) >= 11 is 0. The number of carboxylic acids is 1. The molecule has 0 bridgehead atoms. The number of nitrogens with one attached hydrogen (secondary N) is 1. The third-order valence-corrected chi connectivity index (χ3v) is 2.13. The van der Waals surface area contributed by atoms with Crippen molar-refractivity contribution in [1.29, 1.82) is 0 Å². The third-order valence-electron chi connectivity index (χ3n) is 2.13. The van der Waals surface area contributed by atoms with E-state index in [9.17, 15) is 4.79 Å². The maximum Gasteiger partial charge on any atom is 0.337 e. The zero-order valence-corrected chi connectivity index (χ0v) is 7.64. The highest BCUT2D eigenvalue weighted by atomic mass is 16.5. The van der Waals surface area contributed by atoms with Crippen molar-refractivity contribution in [2.45, 2.75) is 0 Å². The lowest BCUT2D eigenvalue weighted by Gasteiger charge is -2.05. The predicted molar refractivity (Wildman–Crippen MR) is 54.1 cm³/mol. The summed E-state index contributed by atoms with van der Waals surface area (Å²) in [6.07, 6.45) is 1.21. The van der Waals surface area contributed by atoms with Gasteiger partial charge in [-0.05, 0) is 0 Å². The topological polar surface area (TPSA) is 82.5 Å². The largest absolute Gasteiger partial charge is 0.478 e. The van der Waals surface area contributed by atoms with E-state index in [0.29, 0.717) is 10.8 Å². The summed E-state index contributed by atoms with van der Waals surface area (Å²) in [5, 5.41) is 18.8. The second-order valence-corrected chi connectivity index (χ2v) is 2.98. The van der Waals surface area contributed by atoms with Gasteiger partial charge in [0.2, 0.25) is 0 Å². The van der Waals surface area contributed by atoms with E-state index in [1.54, 1.807) is 24.3 Å². The number of rotatable bonds is 2. The fraction of sp³-hybridized carbons (Fsp3) is 0. The summed E-state index contributed by atoms with van der Waals surface area (Å²) in [7, 11) is 0. The number of nitrogens with zero attached hydrogens (tertiary/aromatic N) is 1. The molecule has 1 aromatic carbocycles. The van der Waals surface area contributed by atoms with Crippen LogP contribution >= 0.6 is 0 Å². The van der Waals surface area contributed by atoms with E-state index >= 15 is 0 Å². The molecular formula is C10H8N2O3. The Morgan fingerprint density at radius 2 is 1.93 bits per heavy atom. The number of anilines is 1. The average molecular weight is 204 g/mol. The molecule has 0 saturated carbocycles. The predicted octanol–water partition coefficient (Wildman–Crippen LogP) is 1.73.